The van der Waals surface area contributed by atoms with Crippen LogP contribution in [0.25, 0.3) is 0 Å². The van der Waals surface area contributed by atoms with Crippen molar-refractivity contribution in [1.82, 2.24) is 4.72 Å². The van der Waals surface area contributed by atoms with Gasteiger partial charge < -0.3 is 9.84 Å². The lowest BCUT2D eigenvalue weighted by Crippen LogP contribution is -2.47. The van der Waals surface area contributed by atoms with Crippen molar-refractivity contribution in [3.05, 3.63) is 27.2 Å². The van der Waals surface area contributed by atoms with Gasteiger partial charge in [0.25, 0.3) is 0 Å². The van der Waals surface area contributed by atoms with E-state index in [1.807, 2.05) is 0 Å². The second-order valence-corrected chi connectivity index (χ2v) is 7.67. The first kappa shape index (κ1) is 16.7. The van der Waals surface area contributed by atoms with Crippen LogP contribution in [0, 0.1) is 0 Å². The Balaban J connectivity index is 2.26. The standard InChI is InChI=1S/C12H13BrClNO5S/c1-20-7-2-6(3-7)15-21(18,19)8-4-9(12(16)17)11(14)10(13)5-8/h4-7,15H,2-3H2,1H3,(H,16,17). The molecule has 1 aromatic carbocycles. The molecule has 0 bridgehead atoms. The molecular weight excluding hydrogens is 386 g/mol. The maximum absolute atomic E-state index is 12.3. The van der Waals surface area contributed by atoms with Crippen LogP contribution >= 0.6 is 27.5 Å². The van der Waals surface area contributed by atoms with Crippen molar-refractivity contribution in [3.8, 4) is 0 Å². The summed E-state index contributed by atoms with van der Waals surface area (Å²) < 4.78 is 32.3. The topological polar surface area (TPSA) is 92.7 Å². The zero-order chi connectivity index (χ0) is 15.8. The molecule has 1 aliphatic carbocycles. The normalized spacial score (nSPS) is 21.9. The third kappa shape index (κ3) is 3.57. The quantitative estimate of drug-likeness (QED) is 0.793. The number of ether oxygens (including phenoxy) is 1. The number of halogens is 2. The van der Waals surface area contributed by atoms with Gasteiger partial charge in [-0.3, -0.25) is 0 Å². The van der Waals surface area contributed by atoms with Crippen molar-refractivity contribution < 1.29 is 23.1 Å². The van der Waals surface area contributed by atoms with Gasteiger partial charge in [0.05, 0.1) is 21.6 Å². The van der Waals surface area contributed by atoms with E-state index in [4.69, 9.17) is 21.4 Å². The van der Waals surface area contributed by atoms with Crippen LogP contribution < -0.4 is 4.72 Å². The van der Waals surface area contributed by atoms with Crippen LogP contribution in [-0.2, 0) is 14.8 Å². The Hall–Kier alpha value is -0.670. The molecule has 2 N–H and O–H groups in total. The van der Waals surface area contributed by atoms with Gasteiger partial charge in [-0.15, -0.1) is 0 Å². The Morgan fingerprint density at radius 2 is 2.10 bits per heavy atom. The number of hydrogen-bond donors (Lipinski definition) is 2. The van der Waals surface area contributed by atoms with Crippen molar-refractivity contribution >= 4 is 43.5 Å². The smallest absolute Gasteiger partial charge is 0.337 e. The Morgan fingerprint density at radius 3 is 2.62 bits per heavy atom. The predicted molar refractivity (Wildman–Crippen MR) is 80.3 cm³/mol. The molecule has 0 spiro atoms. The van der Waals surface area contributed by atoms with E-state index in [-0.39, 0.29) is 32.1 Å². The van der Waals surface area contributed by atoms with Gasteiger partial charge >= 0.3 is 5.97 Å². The van der Waals surface area contributed by atoms with Crippen molar-refractivity contribution in [1.29, 1.82) is 0 Å². The lowest BCUT2D eigenvalue weighted by atomic mass is 9.90. The third-order valence-electron chi connectivity index (χ3n) is 3.29. The summed E-state index contributed by atoms with van der Waals surface area (Å²) in [5.74, 6) is -1.29. The minimum absolute atomic E-state index is 0.0375. The Morgan fingerprint density at radius 1 is 1.48 bits per heavy atom. The molecule has 0 unspecified atom stereocenters. The molecule has 1 fully saturated rings. The molecule has 1 aliphatic rings. The Labute approximate surface area is 135 Å². The lowest BCUT2D eigenvalue weighted by Gasteiger charge is -2.34. The Kier molecular flexibility index (Phi) is 4.94. The average Bonchev–Trinajstić information content (AvgIpc) is 2.35. The molecule has 0 amide bonds. The molecule has 6 nitrogen and oxygen atoms in total. The molecule has 0 aliphatic heterocycles. The molecule has 0 atom stereocenters. The van der Waals surface area contributed by atoms with Crippen molar-refractivity contribution in [2.75, 3.05) is 7.11 Å². The summed E-state index contributed by atoms with van der Waals surface area (Å²) in [5, 5.41) is 9.01. The van der Waals surface area contributed by atoms with E-state index in [9.17, 15) is 13.2 Å². The van der Waals surface area contributed by atoms with Gasteiger partial charge in [0.15, 0.2) is 0 Å². The monoisotopic (exact) mass is 397 g/mol. The first-order valence-corrected chi connectivity index (χ1v) is 8.67. The molecule has 0 aromatic heterocycles. The largest absolute Gasteiger partial charge is 0.478 e. The van der Waals surface area contributed by atoms with E-state index in [0.29, 0.717) is 12.8 Å². The summed E-state index contributed by atoms with van der Waals surface area (Å²) in [6, 6.07) is 2.12. The SMILES string of the molecule is COC1CC(NS(=O)(=O)c2cc(Br)c(Cl)c(C(=O)O)c2)C1. The number of sulfonamides is 1. The summed E-state index contributed by atoms with van der Waals surface area (Å²) >= 11 is 8.90. The van der Waals surface area contributed by atoms with E-state index >= 15 is 0 Å². The zero-order valence-corrected chi connectivity index (χ0v) is 14.1. The number of carboxylic acids is 1. The van der Waals surface area contributed by atoms with E-state index in [0.717, 1.165) is 6.07 Å². The maximum atomic E-state index is 12.3. The van der Waals surface area contributed by atoms with E-state index < -0.39 is 16.0 Å². The Bertz CT molecular complexity index is 672. The first-order chi connectivity index (χ1) is 9.74. The second-order valence-electron chi connectivity index (χ2n) is 4.72. The van der Waals surface area contributed by atoms with Gasteiger partial charge in [-0.1, -0.05) is 11.6 Å². The van der Waals surface area contributed by atoms with Gasteiger partial charge in [-0.05, 0) is 40.9 Å². The summed E-state index contributed by atoms with van der Waals surface area (Å²) in [4.78, 5) is 10.9. The van der Waals surface area contributed by atoms with Crippen LogP contribution in [0.1, 0.15) is 23.2 Å². The minimum atomic E-state index is -3.80. The third-order valence-corrected chi connectivity index (χ3v) is 6.05. The van der Waals surface area contributed by atoms with Gasteiger partial charge in [0.2, 0.25) is 10.0 Å². The highest BCUT2D eigenvalue weighted by molar-refractivity contribution is 9.10. The number of aromatic carboxylic acids is 1. The van der Waals surface area contributed by atoms with Crippen molar-refractivity contribution in [2.45, 2.75) is 29.9 Å². The molecule has 1 saturated carbocycles. The highest BCUT2D eigenvalue weighted by Crippen LogP contribution is 2.31. The molecule has 0 saturated heterocycles. The number of hydrogen-bond acceptors (Lipinski definition) is 4. The average molecular weight is 399 g/mol. The van der Waals surface area contributed by atoms with Gasteiger partial charge in [-0.25, -0.2) is 17.9 Å². The van der Waals surface area contributed by atoms with Crippen molar-refractivity contribution in [2.24, 2.45) is 0 Å². The molecule has 0 radical (unpaired) electrons. The molecule has 21 heavy (non-hydrogen) atoms. The summed E-state index contributed by atoms with van der Waals surface area (Å²) in [6.07, 6.45) is 1.25. The molecule has 116 valence electrons. The summed E-state index contributed by atoms with van der Waals surface area (Å²) in [6.45, 7) is 0. The molecule has 1 aromatic rings. The summed E-state index contributed by atoms with van der Waals surface area (Å²) in [5.41, 5.74) is -0.269. The summed E-state index contributed by atoms with van der Waals surface area (Å²) in [7, 11) is -2.23. The number of carboxylic acid groups (broad SMARTS) is 1. The number of carbonyl (C=O) groups is 1. The number of rotatable bonds is 5. The van der Waals surface area contributed by atoms with Gasteiger partial charge in [-0.2, -0.15) is 0 Å². The fourth-order valence-corrected chi connectivity index (χ4v) is 4.13. The zero-order valence-electron chi connectivity index (χ0n) is 11.0. The van der Waals surface area contributed by atoms with Crippen LogP contribution in [0.3, 0.4) is 0 Å². The molecule has 0 heterocycles. The van der Waals surface area contributed by atoms with Gasteiger partial charge in [0, 0.05) is 17.6 Å². The number of benzene rings is 1. The predicted octanol–water partition coefficient (Wildman–Crippen LogP) is 2.26. The van der Waals surface area contributed by atoms with Crippen LogP contribution in [0.2, 0.25) is 5.02 Å². The second kappa shape index (κ2) is 6.21. The number of methoxy groups -OCH3 is 1. The maximum Gasteiger partial charge on any atom is 0.337 e. The highest BCUT2D eigenvalue weighted by atomic mass is 79.9. The molecule has 9 heteroatoms. The van der Waals surface area contributed by atoms with E-state index in [1.54, 1.807) is 7.11 Å². The van der Waals surface area contributed by atoms with Crippen molar-refractivity contribution in [3.63, 3.8) is 0 Å². The van der Waals surface area contributed by atoms with Crippen LogP contribution in [-0.4, -0.2) is 38.7 Å². The van der Waals surface area contributed by atoms with Crippen LogP contribution in [0.4, 0.5) is 0 Å². The fourth-order valence-electron chi connectivity index (χ4n) is 2.02. The molecular formula is C12H13BrClNO5S. The van der Waals surface area contributed by atoms with Gasteiger partial charge in [0.1, 0.15) is 0 Å². The highest BCUT2D eigenvalue weighted by Gasteiger charge is 2.33. The lowest BCUT2D eigenvalue weighted by molar-refractivity contribution is 0.0236. The minimum Gasteiger partial charge on any atom is -0.478 e. The van der Waals surface area contributed by atoms with Crippen LogP contribution in [0.5, 0.6) is 0 Å². The first-order valence-electron chi connectivity index (χ1n) is 6.02. The number of nitrogens with one attached hydrogen (secondary N) is 1. The molecule has 2 rings (SSSR count). The van der Waals surface area contributed by atoms with E-state index in [2.05, 4.69) is 20.7 Å². The van der Waals surface area contributed by atoms with E-state index in [1.165, 1.54) is 6.07 Å². The van der Waals surface area contributed by atoms with Crippen LogP contribution in [0.15, 0.2) is 21.5 Å². The fraction of sp³-hybridized carbons (Fsp3) is 0.417.